The van der Waals surface area contributed by atoms with E-state index in [-0.39, 0.29) is 17.9 Å². The van der Waals surface area contributed by atoms with Gasteiger partial charge >= 0.3 is 6.18 Å². The Balaban J connectivity index is 1.47. The molecule has 0 aromatic heterocycles. The molecule has 150 valence electrons. The normalized spacial score (nSPS) is 22.1. The fourth-order valence-corrected chi connectivity index (χ4v) is 4.72. The van der Waals surface area contributed by atoms with Crippen LogP contribution in [-0.2, 0) is 4.79 Å². The number of fused-ring (bicyclic) bond motifs is 1. The van der Waals surface area contributed by atoms with Crippen molar-refractivity contribution in [1.29, 1.82) is 0 Å². The van der Waals surface area contributed by atoms with Crippen LogP contribution in [0.4, 0.5) is 13.2 Å². The van der Waals surface area contributed by atoms with Gasteiger partial charge in [0.25, 0.3) is 0 Å². The highest BCUT2D eigenvalue weighted by atomic mass is 19.4. The van der Waals surface area contributed by atoms with Crippen LogP contribution >= 0.6 is 0 Å². The molecule has 3 nitrogen and oxygen atoms in total. The Kier molecular flexibility index (Phi) is 5.32. The van der Waals surface area contributed by atoms with E-state index in [0.29, 0.717) is 25.9 Å². The maximum absolute atomic E-state index is 13.2. The van der Waals surface area contributed by atoms with Gasteiger partial charge in [-0.25, -0.2) is 0 Å². The number of hydrogen-bond acceptors (Lipinski definition) is 2. The summed E-state index contributed by atoms with van der Waals surface area (Å²) in [6.45, 7) is 0.525. The third-order valence-electron chi connectivity index (χ3n) is 6.06. The Hall–Kier alpha value is -2.08. The van der Waals surface area contributed by atoms with Gasteiger partial charge < -0.3 is 4.90 Å². The van der Waals surface area contributed by atoms with E-state index in [9.17, 15) is 18.0 Å². The summed E-state index contributed by atoms with van der Waals surface area (Å²) in [5.41, 5.74) is 1.18. The van der Waals surface area contributed by atoms with Crippen LogP contribution in [-0.4, -0.2) is 48.1 Å². The molecule has 0 N–H and O–H groups in total. The number of rotatable bonds is 3. The standard InChI is InChI=1S/C22H25F3N2O/c23-22(24,25)15-26-13-10-17(11-14-26)21(28)27-12-4-9-20(27)19-8-3-6-16-5-1-2-7-18(16)19/h1-3,5-8,17,20H,4,9-15H2/t20-/m0/s1. The third kappa shape index (κ3) is 4.02. The average Bonchev–Trinajstić information content (AvgIpc) is 3.16. The monoisotopic (exact) mass is 390 g/mol. The topological polar surface area (TPSA) is 23.6 Å². The highest BCUT2D eigenvalue weighted by molar-refractivity contribution is 5.87. The minimum Gasteiger partial charge on any atom is -0.335 e. The molecular formula is C22H25F3N2O. The van der Waals surface area contributed by atoms with Crippen LogP contribution in [0, 0.1) is 5.92 Å². The fraction of sp³-hybridized carbons (Fsp3) is 0.500. The number of carbonyl (C=O) groups is 1. The minimum absolute atomic E-state index is 0.0619. The lowest BCUT2D eigenvalue weighted by molar-refractivity contribution is -0.151. The maximum Gasteiger partial charge on any atom is 0.401 e. The molecular weight excluding hydrogens is 365 g/mol. The van der Waals surface area contributed by atoms with Gasteiger partial charge in [-0.3, -0.25) is 9.69 Å². The van der Waals surface area contributed by atoms with E-state index in [1.165, 1.54) is 21.2 Å². The first-order valence-corrected chi connectivity index (χ1v) is 9.99. The van der Waals surface area contributed by atoms with E-state index < -0.39 is 12.7 Å². The number of halogens is 3. The molecule has 0 spiro atoms. The number of likely N-dealkylation sites (tertiary alicyclic amines) is 2. The molecule has 28 heavy (non-hydrogen) atoms. The number of nitrogens with zero attached hydrogens (tertiary/aromatic N) is 2. The van der Waals surface area contributed by atoms with Gasteiger partial charge in [0.05, 0.1) is 12.6 Å². The van der Waals surface area contributed by atoms with Crippen molar-refractivity contribution < 1.29 is 18.0 Å². The summed E-state index contributed by atoms with van der Waals surface area (Å²) >= 11 is 0. The molecule has 2 heterocycles. The van der Waals surface area contributed by atoms with Crippen LogP contribution in [0.15, 0.2) is 42.5 Å². The lowest BCUT2D eigenvalue weighted by atomic mass is 9.93. The zero-order valence-electron chi connectivity index (χ0n) is 15.8. The van der Waals surface area contributed by atoms with Crippen molar-refractivity contribution in [1.82, 2.24) is 9.80 Å². The number of alkyl halides is 3. The van der Waals surface area contributed by atoms with Gasteiger partial charge in [-0.1, -0.05) is 42.5 Å². The van der Waals surface area contributed by atoms with Crippen molar-refractivity contribution in [2.45, 2.75) is 37.9 Å². The molecule has 1 atom stereocenters. The molecule has 6 heteroatoms. The first-order chi connectivity index (χ1) is 13.4. The summed E-state index contributed by atoms with van der Waals surface area (Å²) < 4.78 is 37.8. The summed E-state index contributed by atoms with van der Waals surface area (Å²) in [6, 6.07) is 14.5. The largest absolute Gasteiger partial charge is 0.401 e. The Morgan fingerprint density at radius 1 is 0.964 bits per heavy atom. The molecule has 2 saturated heterocycles. The second-order valence-electron chi connectivity index (χ2n) is 7.92. The van der Waals surface area contributed by atoms with Crippen molar-refractivity contribution in [3.63, 3.8) is 0 Å². The zero-order valence-corrected chi connectivity index (χ0v) is 15.8. The first-order valence-electron chi connectivity index (χ1n) is 9.99. The van der Waals surface area contributed by atoms with Crippen LogP contribution < -0.4 is 0 Å². The highest BCUT2D eigenvalue weighted by Gasteiger charge is 2.38. The molecule has 0 bridgehead atoms. The van der Waals surface area contributed by atoms with Gasteiger partial charge in [0.2, 0.25) is 5.91 Å². The van der Waals surface area contributed by atoms with Crippen LogP contribution in [0.5, 0.6) is 0 Å². The summed E-state index contributed by atoms with van der Waals surface area (Å²) in [6.07, 6.45) is -1.26. The van der Waals surface area contributed by atoms with Crippen molar-refractivity contribution in [2.75, 3.05) is 26.2 Å². The summed E-state index contributed by atoms with van der Waals surface area (Å²) in [5.74, 6) is -0.0536. The molecule has 4 rings (SSSR count). The molecule has 0 unspecified atom stereocenters. The summed E-state index contributed by atoms with van der Waals surface area (Å²) in [4.78, 5) is 16.6. The number of benzene rings is 2. The molecule has 1 amide bonds. The van der Waals surface area contributed by atoms with Crippen molar-refractivity contribution >= 4 is 16.7 Å². The van der Waals surface area contributed by atoms with Crippen molar-refractivity contribution in [3.05, 3.63) is 48.0 Å². The van der Waals surface area contributed by atoms with E-state index in [2.05, 4.69) is 24.3 Å². The Morgan fingerprint density at radius 3 is 2.43 bits per heavy atom. The maximum atomic E-state index is 13.2. The smallest absolute Gasteiger partial charge is 0.335 e. The van der Waals surface area contributed by atoms with Crippen molar-refractivity contribution in [3.8, 4) is 0 Å². The first kappa shape index (κ1) is 19.2. The Morgan fingerprint density at radius 2 is 1.68 bits per heavy atom. The fourth-order valence-electron chi connectivity index (χ4n) is 4.72. The van der Waals surface area contributed by atoms with E-state index >= 15 is 0 Å². The number of piperidine rings is 1. The van der Waals surface area contributed by atoms with Crippen LogP contribution in [0.1, 0.15) is 37.3 Å². The number of carbonyl (C=O) groups excluding carboxylic acids is 1. The number of hydrogen-bond donors (Lipinski definition) is 0. The molecule has 2 aliphatic heterocycles. The Bertz CT molecular complexity index is 838. The highest BCUT2D eigenvalue weighted by Crippen LogP contribution is 2.38. The van der Waals surface area contributed by atoms with Gasteiger partial charge in [-0.2, -0.15) is 13.2 Å². The van der Waals surface area contributed by atoms with Crippen molar-refractivity contribution in [2.24, 2.45) is 5.92 Å². The van der Waals surface area contributed by atoms with Gasteiger partial charge in [0.1, 0.15) is 0 Å². The molecule has 0 radical (unpaired) electrons. The summed E-state index contributed by atoms with van der Waals surface area (Å²) in [5, 5.41) is 2.34. The summed E-state index contributed by atoms with van der Waals surface area (Å²) in [7, 11) is 0. The molecule has 0 aliphatic carbocycles. The minimum atomic E-state index is -4.18. The van der Waals surface area contributed by atoms with Crippen LogP contribution in [0.2, 0.25) is 0 Å². The quantitative estimate of drug-likeness (QED) is 0.753. The van der Waals surface area contributed by atoms with Gasteiger partial charge in [0.15, 0.2) is 0 Å². The lowest BCUT2D eigenvalue weighted by Crippen LogP contribution is -2.44. The zero-order chi connectivity index (χ0) is 19.7. The van der Waals surface area contributed by atoms with E-state index in [0.717, 1.165) is 19.4 Å². The van der Waals surface area contributed by atoms with Crippen LogP contribution in [0.25, 0.3) is 10.8 Å². The molecule has 2 aliphatic rings. The predicted octanol–water partition coefficient (Wildman–Crippen LogP) is 4.78. The van der Waals surface area contributed by atoms with Crippen LogP contribution in [0.3, 0.4) is 0 Å². The molecule has 2 aromatic carbocycles. The second-order valence-corrected chi connectivity index (χ2v) is 7.92. The average molecular weight is 390 g/mol. The van der Waals surface area contributed by atoms with E-state index in [1.54, 1.807) is 0 Å². The van der Waals surface area contributed by atoms with Gasteiger partial charge in [0, 0.05) is 12.5 Å². The Labute approximate surface area is 163 Å². The third-order valence-corrected chi connectivity index (χ3v) is 6.06. The van der Waals surface area contributed by atoms with E-state index in [4.69, 9.17) is 0 Å². The second kappa shape index (κ2) is 7.74. The molecule has 2 fully saturated rings. The van der Waals surface area contributed by atoms with Gasteiger partial charge in [-0.05, 0) is 55.1 Å². The molecule has 2 aromatic rings. The predicted molar refractivity (Wildman–Crippen MR) is 103 cm³/mol. The SMILES string of the molecule is O=C(C1CCN(CC(F)(F)F)CC1)N1CCC[C@H]1c1cccc2ccccc12. The number of amides is 1. The van der Waals surface area contributed by atoms with Gasteiger partial charge in [-0.15, -0.1) is 0 Å². The molecule has 0 saturated carbocycles. The van der Waals surface area contributed by atoms with E-state index in [1.807, 2.05) is 23.1 Å². The lowest BCUT2D eigenvalue weighted by Gasteiger charge is -2.35.